The molecule has 0 saturated carbocycles. The second-order valence-electron chi connectivity index (χ2n) is 10.5. The first-order valence-electron chi connectivity index (χ1n) is 13.1. The van der Waals surface area contributed by atoms with E-state index in [-0.39, 0.29) is 22.8 Å². The van der Waals surface area contributed by atoms with Crippen LogP contribution in [0.2, 0.25) is 5.02 Å². The summed E-state index contributed by atoms with van der Waals surface area (Å²) in [7, 11) is 0. The van der Waals surface area contributed by atoms with E-state index in [1.165, 1.54) is 24.3 Å². The van der Waals surface area contributed by atoms with Crippen LogP contribution >= 0.6 is 11.6 Å². The van der Waals surface area contributed by atoms with Gasteiger partial charge in [-0.15, -0.1) is 0 Å². The molecule has 3 aliphatic rings. The van der Waals surface area contributed by atoms with Crippen molar-refractivity contribution in [1.82, 2.24) is 0 Å². The quantitative estimate of drug-likeness (QED) is 0.121. The number of hydrogen-bond acceptors (Lipinski definition) is 6. The van der Waals surface area contributed by atoms with Gasteiger partial charge < -0.3 is 4.90 Å². The Morgan fingerprint density at radius 3 is 2.20 bits per heavy atom. The van der Waals surface area contributed by atoms with E-state index in [1.807, 2.05) is 41.3 Å². The Morgan fingerprint density at radius 1 is 0.854 bits per heavy atom. The molecule has 8 heteroatoms. The van der Waals surface area contributed by atoms with Crippen LogP contribution in [0.3, 0.4) is 0 Å². The number of ketones is 3. The van der Waals surface area contributed by atoms with Crippen molar-refractivity contribution >= 4 is 46.4 Å². The molecule has 41 heavy (non-hydrogen) atoms. The third-order valence-corrected chi connectivity index (χ3v) is 8.80. The zero-order valence-corrected chi connectivity index (χ0v) is 22.2. The number of halogens is 1. The lowest BCUT2D eigenvalue weighted by atomic mass is 9.64. The van der Waals surface area contributed by atoms with E-state index in [1.54, 1.807) is 48.5 Å². The van der Waals surface area contributed by atoms with Crippen molar-refractivity contribution in [3.63, 3.8) is 0 Å². The van der Waals surface area contributed by atoms with E-state index >= 15 is 0 Å². The Hall–Kier alpha value is -4.88. The first-order valence-corrected chi connectivity index (χ1v) is 13.5. The van der Waals surface area contributed by atoms with Crippen molar-refractivity contribution in [2.75, 3.05) is 4.90 Å². The van der Waals surface area contributed by atoms with Crippen LogP contribution in [0.5, 0.6) is 0 Å². The van der Waals surface area contributed by atoms with E-state index in [0.29, 0.717) is 27.4 Å². The third kappa shape index (κ3) is 3.42. The highest BCUT2D eigenvalue weighted by Gasteiger charge is 2.71. The number of fused-ring (bicyclic) bond motifs is 5. The average molecular weight is 561 g/mol. The predicted octanol–water partition coefficient (Wildman–Crippen LogP) is 6.56. The van der Waals surface area contributed by atoms with E-state index < -0.39 is 34.1 Å². The van der Waals surface area contributed by atoms with Crippen LogP contribution in [0.4, 0.5) is 11.4 Å². The third-order valence-electron chi connectivity index (χ3n) is 8.55. The second kappa shape index (κ2) is 9.08. The SMILES string of the molecule is O=C(c1cccc([N+](=O)[O-])c1)C1C(c2ccc(Cl)cc2)C2(C(=O)c3ccccc3C2=O)C2C=Cc3ccccc3N12. The molecule has 0 N–H and O–H groups in total. The zero-order valence-electron chi connectivity index (χ0n) is 21.4. The van der Waals surface area contributed by atoms with Crippen molar-refractivity contribution < 1.29 is 19.3 Å². The number of anilines is 1. The highest BCUT2D eigenvalue weighted by molar-refractivity contribution is 6.32. The van der Waals surface area contributed by atoms with Crippen LogP contribution in [-0.2, 0) is 0 Å². The van der Waals surface area contributed by atoms with Gasteiger partial charge in [-0.3, -0.25) is 24.5 Å². The number of non-ortho nitro benzene ring substituents is 1. The number of hydrogen-bond donors (Lipinski definition) is 0. The number of carbonyl (C=O) groups excluding carboxylic acids is 3. The van der Waals surface area contributed by atoms with Crippen molar-refractivity contribution in [3.8, 4) is 0 Å². The van der Waals surface area contributed by atoms with Gasteiger partial charge in [0.1, 0.15) is 11.5 Å². The van der Waals surface area contributed by atoms with Crippen LogP contribution in [-0.4, -0.2) is 34.4 Å². The van der Waals surface area contributed by atoms with E-state index in [9.17, 15) is 24.5 Å². The highest BCUT2D eigenvalue weighted by atomic mass is 35.5. The second-order valence-corrected chi connectivity index (χ2v) is 10.9. The summed E-state index contributed by atoms with van der Waals surface area (Å²) in [5, 5.41) is 12.1. The maximum Gasteiger partial charge on any atom is 0.270 e. The monoisotopic (exact) mass is 560 g/mol. The predicted molar refractivity (Wildman–Crippen MR) is 155 cm³/mol. The lowest BCUT2D eigenvalue weighted by molar-refractivity contribution is -0.384. The van der Waals surface area contributed by atoms with Crippen molar-refractivity contribution in [2.45, 2.75) is 18.0 Å². The van der Waals surface area contributed by atoms with Gasteiger partial charge in [-0.05, 0) is 29.3 Å². The number of nitrogens with zero attached hydrogens (tertiary/aromatic N) is 2. The summed E-state index contributed by atoms with van der Waals surface area (Å²) in [6, 6.07) is 24.9. The molecule has 4 aromatic carbocycles. The van der Waals surface area contributed by atoms with Crippen LogP contribution in [0.15, 0.2) is 103 Å². The Labute approximate surface area is 239 Å². The smallest absolute Gasteiger partial charge is 0.270 e. The summed E-state index contributed by atoms with van der Waals surface area (Å²) >= 11 is 6.24. The van der Waals surface area contributed by atoms with E-state index in [4.69, 9.17) is 11.6 Å². The van der Waals surface area contributed by atoms with Gasteiger partial charge in [-0.25, -0.2) is 0 Å². The molecule has 7 rings (SSSR count). The molecule has 4 aromatic rings. The normalized spacial score (nSPS) is 21.5. The summed E-state index contributed by atoms with van der Waals surface area (Å²) in [5.41, 5.74) is 1.05. The molecule has 1 saturated heterocycles. The van der Waals surface area contributed by atoms with E-state index in [0.717, 1.165) is 5.56 Å². The Balaban J connectivity index is 1.54. The summed E-state index contributed by atoms with van der Waals surface area (Å²) in [5.74, 6) is -2.02. The Bertz CT molecular complexity index is 1790. The largest absolute Gasteiger partial charge is 0.352 e. The minimum Gasteiger partial charge on any atom is -0.352 e. The maximum absolute atomic E-state index is 14.6. The minimum atomic E-state index is -1.65. The summed E-state index contributed by atoms with van der Waals surface area (Å²) in [6.07, 6.45) is 3.73. The molecule has 200 valence electrons. The molecular formula is C33H21ClN2O5. The summed E-state index contributed by atoms with van der Waals surface area (Å²) in [4.78, 5) is 56.7. The number of Topliss-reactive ketones (excluding diaryl/α,β-unsaturated/α-hetero) is 3. The molecule has 3 unspecified atom stereocenters. The summed E-state index contributed by atoms with van der Waals surface area (Å²) in [6.45, 7) is 0. The molecule has 2 heterocycles. The number of nitro benzene ring substituents is 1. The molecule has 0 bridgehead atoms. The fraction of sp³-hybridized carbons (Fsp3) is 0.121. The highest BCUT2D eigenvalue weighted by Crippen LogP contribution is 2.61. The number of nitro groups is 1. The van der Waals surface area contributed by atoms with Crippen molar-refractivity contribution in [1.29, 1.82) is 0 Å². The van der Waals surface area contributed by atoms with E-state index in [2.05, 4.69) is 0 Å². The van der Waals surface area contributed by atoms with Crippen LogP contribution < -0.4 is 4.90 Å². The van der Waals surface area contributed by atoms with Crippen LogP contribution in [0.25, 0.3) is 6.08 Å². The molecule has 0 aromatic heterocycles. The maximum atomic E-state index is 14.6. The van der Waals surface area contributed by atoms with Gasteiger partial charge >= 0.3 is 0 Å². The van der Waals surface area contributed by atoms with Crippen LogP contribution in [0, 0.1) is 15.5 Å². The van der Waals surface area contributed by atoms with Gasteiger partial charge in [0, 0.05) is 45.5 Å². The standard InChI is InChI=1S/C33H21ClN2O5/c34-22-15-12-20(13-16-22)28-29(30(37)21-7-5-8-23(18-21)36(40)41)35-26-11-4-1-6-19(26)14-17-27(35)33(28)31(38)24-9-2-3-10-25(24)32(33)39/h1-18,27-29H. The number of carbonyl (C=O) groups is 3. The molecule has 1 spiro atoms. The van der Waals surface area contributed by atoms with Crippen LogP contribution in [0.1, 0.15) is 48.1 Å². The Morgan fingerprint density at radius 2 is 1.51 bits per heavy atom. The molecule has 1 fully saturated rings. The van der Waals surface area contributed by atoms with Gasteiger partial charge in [0.05, 0.1) is 11.0 Å². The number of para-hydroxylation sites is 1. The topological polar surface area (TPSA) is 97.6 Å². The number of rotatable bonds is 4. The molecule has 1 aliphatic carbocycles. The zero-order chi connectivity index (χ0) is 28.5. The molecule has 7 nitrogen and oxygen atoms in total. The molecule has 0 radical (unpaired) electrons. The minimum absolute atomic E-state index is 0.126. The molecule has 2 aliphatic heterocycles. The van der Waals surface area contributed by atoms with Gasteiger partial charge in [-0.2, -0.15) is 0 Å². The summed E-state index contributed by atoms with van der Waals surface area (Å²) < 4.78 is 0. The van der Waals surface area contributed by atoms with Crippen molar-refractivity contribution in [3.05, 3.63) is 146 Å². The van der Waals surface area contributed by atoms with Gasteiger partial charge in [0.2, 0.25) is 0 Å². The molecule has 3 atom stereocenters. The van der Waals surface area contributed by atoms with Gasteiger partial charge in [-0.1, -0.05) is 90.5 Å². The fourth-order valence-electron chi connectivity index (χ4n) is 6.90. The molecule has 0 amide bonds. The van der Waals surface area contributed by atoms with Gasteiger partial charge in [0.15, 0.2) is 17.3 Å². The van der Waals surface area contributed by atoms with Gasteiger partial charge in [0.25, 0.3) is 5.69 Å². The lowest BCUT2D eigenvalue weighted by Gasteiger charge is -2.37. The first kappa shape index (κ1) is 25.1. The first-order chi connectivity index (χ1) is 19.8. The fourth-order valence-corrected chi connectivity index (χ4v) is 7.03. The van der Waals surface area contributed by atoms with Crippen molar-refractivity contribution in [2.24, 2.45) is 5.41 Å². The Kier molecular flexibility index (Phi) is 5.56. The number of benzene rings is 4. The average Bonchev–Trinajstić information content (AvgIpc) is 3.43. The molecular weight excluding hydrogens is 540 g/mol. The lowest BCUT2D eigenvalue weighted by Crippen LogP contribution is -2.48.